The van der Waals surface area contributed by atoms with Gasteiger partial charge in [0.1, 0.15) is 54.9 Å². The van der Waals surface area contributed by atoms with Gasteiger partial charge in [-0.25, -0.2) is 4.79 Å². The van der Waals surface area contributed by atoms with Crippen molar-refractivity contribution in [3.63, 3.8) is 0 Å². The standard InChI is InChI=1S/C67H90N18O15S/c1-36(2)32-51-64(96)79-47(22-27-69)60(92)78-49(24-29-71)63(95)83-55(37(3)86)65(97)74-31-25-50(62(94)77-46(21-26-68)59(91)75-34-54(88)76-51)80-61(93)48(23-28-70)81-66(98)56(38(4)87)82-57(89)40-15-13-39(14-16-40)35-100-67(99)85-52-33-42(101-53-12-7-6-11-44(53)58(90)72-5)18-19-43(52)45(84-85)20-17-41-10-8-9-30-73-41/h6-20,30,33,36-38,46-51,55-56,86-87H,21-29,31-32,34-35,68-71H2,1-5H3,(H,72,90)(H,74,97)(H,75,91)(H,76,88)(H,77,94)(H,78,92)(H,79,96)(H,80,93)(H,81,98)(H,82,89)(H,83,95)/b20-17+/t37-,38-,46+,47+,48+,49+,50+,51+,55+,56+/m1/s1. The molecule has 0 radical (unpaired) electrons. The maximum atomic E-state index is 14.3. The molecule has 2 aromatic heterocycles. The Kier molecular flexibility index (Phi) is 31.2. The SMILES string of the molecule is CNC(=O)c1ccccc1Sc1ccc2c(/C=C/c3ccccn3)nn(C(=O)OCc3ccc(C(=O)N[C@H](C(=O)N[C@@H](CCN)C(=O)N[C@H]4CCNC(=O)[C@H]([C@@H](C)O)NC(=O)[C@H](CCN)NC(=O)[C@H](CCN)NC(=O)[C@H](CC(C)C)NC(=O)CNC(=O)[C@H](CCN)NC4=O)[C@@H](C)O)cc3)c2c1. The van der Waals surface area contributed by atoms with Gasteiger partial charge in [-0.2, -0.15) is 9.78 Å². The van der Waals surface area contributed by atoms with E-state index in [-0.39, 0.29) is 82.3 Å². The molecule has 34 heteroatoms. The molecule has 21 N–H and O–H groups in total. The molecule has 101 heavy (non-hydrogen) atoms. The first kappa shape index (κ1) is 79.8. The smallest absolute Gasteiger partial charge is 0.435 e. The highest BCUT2D eigenvalue weighted by Gasteiger charge is 2.36. The molecule has 544 valence electrons. The Labute approximate surface area is 586 Å². The summed E-state index contributed by atoms with van der Waals surface area (Å²) in [4.78, 5) is 171. The summed E-state index contributed by atoms with van der Waals surface area (Å²) in [5.41, 5.74) is 25.7. The van der Waals surface area contributed by atoms with Crippen molar-refractivity contribution in [1.82, 2.24) is 73.2 Å². The van der Waals surface area contributed by atoms with Crippen LogP contribution >= 0.6 is 11.8 Å². The maximum absolute atomic E-state index is 14.3. The van der Waals surface area contributed by atoms with Crippen molar-refractivity contribution in [1.29, 1.82) is 0 Å². The Morgan fingerprint density at radius 2 is 1.32 bits per heavy atom. The Balaban J connectivity index is 1.17. The molecule has 1 aliphatic heterocycles. The number of rotatable bonds is 25. The van der Waals surface area contributed by atoms with Crippen LogP contribution in [0.1, 0.15) is 104 Å². The number of aliphatic hydroxyl groups excluding tert-OH is 2. The average Bonchev–Trinajstić information content (AvgIpc) is 1.64. The molecule has 6 rings (SSSR count). The monoisotopic (exact) mass is 1420 g/mol. The molecule has 10 atom stereocenters. The van der Waals surface area contributed by atoms with E-state index in [1.54, 1.807) is 80.7 Å². The van der Waals surface area contributed by atoms with E-state index < -0.39 is 145 Å². The molecular weight excluding hydrogens is 1330 g/mol. The molecule has 33 nitrogen and oxygen atoms in total. The highest BCUT2D eigenvalue weighted by Crippen LogP contribution is 2.34. The summed E-state index contributed by atoms with van der Waals surface area (Å²) in [6.07, 6.45) is -0.150. The maximum Gasteiger partial charge on any atom is 0.435 e. The van der Waals surface area contributed by atoms with Crippen LogP contribution in [0.4, 0.5) is 4.79 Å². The van der Waals surface area contributed by atoms with Gasteiger partial charge in [0, 0.05) is 40.5 Å². The molecule has 3 aromatic carbocycles. The number of ether oxygens (including phenoxy) is 1. The van der Waals surface area contributed by atoms with Gasteiger partial charge in [-0.1, -0.05) is 55.9 Å². The fraction of sp³-hybridized carbons (Fsp3) is 0.433. The van der Waals surface area contributed by atoms with Crippen molar-refractivity contribution in [2.24, 2.45) is 28.9 Å². The van der Waals surface area contributed by atoms with E-state index in [1.165, 1.54) is 56.9 Å². The van der Waals surface area contributed by atoms with Crippen LogP contribution in [-0.4, -0.2) is 203 Å². The molecule has 5 aromatic rings. The van der Waals surface area contributed by atoms with Crippen LogP contribution in [0.3, 0.4) is 0 Å². The predicted molar refractivity (Wildman–Crippen MR) is 372 cm³/mol. The molecule has 0 unspecified atom stereocenters. The molecule has 0 bridgehead atoms. The van der Waals surface area contributed by atoms with Crippen molar-refractivity contribution < 1.29 is 72.5 Å². The minimum absolute atomic E-state index is 0.00558. The number of nitrogens with zero attached hydrogens (tertiary/aromatic N) is 3. The molecule has 1 aliphatic rings. The summed E-state index contributed by atoms with van der Waals surface area (Å²) in [5.74, 6) is -9.88. The second-order valence-electron chi connectivity index (χ2n) is 24.1. The highest BCUT2D eigenvalue weighted by molar-refractivity contribution is 7.99. The lowest BCUT2D eigenvalue weighted by atomic mass is 10.0. The Morgan fingerprint density at radius 1 is 0.683 bits per heavy atom. The zero-order chi connectivity index (χ0) is 73.9. The lowest BCUT2D eigenvalue weighted by molar-refractivity contribution is -0.135. The summed E-state index contributed by atoms with van der Waals surface area (Å²) in [5, 5.41) is 54.4. The normalized spacial score (nSPS) is 19.7. The topological polar surface area (TPSA) is 522 Å². The van der Waals surface area contributed by atoms with Crippen LogP contribution in [0.15, 0.2) is 101 Å². The number of hydrogen-bond acceptors (Lipinski definition) is 22. The lowest BCUT2D eigenvalue weighted by Gasteiger charge is -2.28. The molecule has 1 fully saturated rings. The van der Waals surface area contributed by atoms with E-state index in [1.807, 2.05) is 12.1 Å². The van der Waals surface area contributed by atoms with Gasteiger partial charge < -0.3 is 96.4 Å². The fourth-order valence-electron chi connectivity index (χ4n) is 10.4. The molecule has 3 heterocycles. The van der Waals surface area contributed by atoms with E-state index in [4.69, 9.17) is 27.7 Å². The number of aliphatic hydroxyl groups is 2. The summed E-state index contributed by atoms with van der Waals surface area (Å²) in [7, 11) is 1.54. The Bertz CT molecular complexity index is 3760. The Hall–Kier alpha value is -10.2. The van der Waals surface area contributed by atoms with Gasteiger partial charge in [0.25, 0.3) is 11.8 Å². The number of aromatic nitrogens is 3. The summed E-state index contributed by atoms with van der Waals surface area (Å²) >= 11 is 1.31. The Morgan fingerprint density at radius 3 is 1.93 bits per heavy atom. The number of benzene rings is 3. The van der Waals surface area contributed by atoms with Gasteiger partial charge in [-0.05, 0) is 157 Å². The third-order valence-corrected chi connectivity index (χ3v) is 16.8. The number of amides is 11. The first-order chi connectivity index (χ1) is 48.3. The van der Waals surface area contributed by atoms with E-state index in [0.717, 1.165) is 4.68 Å². The van der Waals surface area contributed by atoms with E-state index in [9.17, 15) is 67.7 Å². The van der Waals surface area contributed by atoms with Gasteiger partial charge >= 0.3 is 6.09 Å². The molecular formula is C67H90N18O15S. The zero-order valence-corrected chi connectivity index (χ0v) is 57.4. The number of carbonyl (C=O) groups excluding carboxylic acids is 12. The number of pyridine rings is 1. The van der Waals surface area contributed by atoms with Crippen LogP contribution in [-0.2, 0) is 54.5 Å². The molecule has 0 saturated carbocycles. The predicted octanol–water partition coefficient (Wildman–Crippen LogP) is -2.37. The molecule has 0 aliphatic carbocycles. The van der Waals surface area contributed by atoms with Gasteiger partial charge in [0.15, 0.2) is 0 Å². The van der Waals surface area contributed by atoms with E-state index in [2.05, 4.69) is 68.6 Å². The second kappa shape index (κ2) is 39.5. The minimum Gasteiger partial charge on any atom is -0.443 e. The molecule has 1 saturated heterocycles. The quantitative estimate of drug-likeness (QED) is 0.0290. The second-order valence-corrected chi connectivity index (χ2v) is 25.2. The third kappa shape index (κ3) is 23.7. The van der Waals surface area contributed by atoms with Gasteiger partial charge in [0.2, 0.25) is 53.2 Å². The zero-order valence-electron chi connectivity index (χ0n) is 56.6. The molecule has 11 amide bonds. The summed E-state index contributed by atoms with van der Waals surface area (Å²) in [6, 6.07) is 11.5. The van der Waals surface area contributed by atoms with Crippen LogP contribution < -0.4 is 81.4 Å². The first-order valence-corrected chi connectivity index (χ1v) is 33.6. The van der Waals surface area contributed by atoms with E-state index in [0.29, 0.717) is 43.2 Å². The van der Waals surface area contributed by atoms with Crippen LogP contribution in [0.5, 0.6) is 0 Å². The molecule has 0 spiro atoms. The third-order valence-electron chi connectivity index (χ3n) is 15.7. The number of fused-ring (bicyclic) bond motifs is 1. The van der Waals surface area contributed by atoms with Crippen LogP contribution in [0.2, 0.25) is 0 Å². The van der Waals surface area contributed by atoms with Crippen LogP contribution in [0, 0.1) is 5.92 Å². The fourth-order valence-corrected chi connectivity index (χ4v) is 11.4. The lowest BCUT2D eigenvalue weighted by Crippen LogP contribution is -2.61. The van der Waals surface area contributed by atoms with Crippen molar-refractivity contribution in [3.05, 3.63) is 119 Å². The first-order valence-electron chi connectivity index (χ1n) is 32.8. The number of nitrogens with one attached hydrogen (secondary N) is 11. The summed E-state index contributed by atoms with van der Waals surface area (Å²) < 4.78 is 6.86. The highest BCUT2D eigenvalue weighted by atomic mass is 32.2. The van der Waals surface area contributed by atoms with Crippen LogP contribution in [0.25, 0.3) is 23.1 Å². The number of nitrogens with two attached hydrogens (primary N) is 4. The average molecular weight is 1420 g/mol. The van der Waals surface area contributed by atoms with Crippen molar-refractivity contribution in [3.8, 4) is 0 Å². The van der Waals surface area contributed by atoms with Crippen molar-refractivity contribution >= 4 is 106 Å². The number of hydrogen-bond donors (Lipinski definition) is 17. The number of carbonyl (C=O) groups is 12. The largest absolute Gasteiger partial charge is 0.443 e. The van der Waals surface area contributed by atoms with Gasteiger partial charge in [-0.3, -0.25) is 57.7 Å². The minimum atomic E-state index is -1.72. The summed E-state index contributed by atoms with van der Waals surface area (Å²) in [6.45, 7) is 3.74. The van der Waals surface area contributed by atoms with Crippen molar-refractivity contribution in [2.75, 3.05) is 46.3 Å². The van der Waals surface area contributed by atoms with Crippen molar-refractivity contribution in [2.45, 2.75) is 143 Å². The van der Waals surface area contributed by atoms with Gasteiger partial charge in [-0.15, -0.1) is 0 Å². The van der Waals surface area contributed by atoms with E-state index >= 15 is 0 Å². The van der Waals surface area contributed by atoms with Gasteiger partial charge in [0.05, 0.1) is 41.2 Å².